The fraction of sp³-hybridized carbons (Fsp3) is 0.227. The maximum absolute atomic E-state index is 13.2. The third-order valence-corrected chi connectivity index (χ3v) is 4.51. The van der Waals surface area contributed by atoms with E-state index in [0.717, 1.165) is 6.07 Å². The van der Waals surface area contributed by atoms with Crippen molar-refractivity contribution < 1.29 is 36.6 Å². The van der Waals surface area contributed by atoms with Crippen LogP contribution >= 0.6 is 0 Å². The largest absolute Gasteiger partial charge is 0.493 e. The lowest BCUT2D eigenvalue weighted by Crippen LogP contribution is -2.22. The van der Waals surface area contributed by atoms with E-state index in [1.165, 1.54) is 51.7 Å². The van der Waals surface area contributed by atoms with Gasteiger partial charge in [-0.25, -0.2) is 0 Å². The number of halogens is 3. The molecule has 31 heavy (non-hydrogen) atoms. The van der Waals surface area contributed by atoms with Crippen molar-refractivity contribution in [2.24, 2.45) is 0 Å². The van der Waals surface area contributed by atoms with Crippen LogP contribution in [0.2, 0.25) is 0 Å². The van der Waals surface area contributed by atoms with Gasteiger partial charge in [0.2, 0.25) is 5.75 Å². The van der Waals surface area contributed by atoms with Crippen molar-refractivity contribution in [2.45, 2.75) is 12.7 Å². The molecule has 1 aromatic heterocycles. The van der Waals surface area contributed by atoms with Gasteiger partial charge in [-0.2, -0.15) is 13.2 Å². The molecule has 9 heteroatoms. The van der Waals surface area contributed by atoms with Gasteiger partial charge >= 0.3 is 6.18 Å². The maximum Gasteiger partial charge on any atom is 0.417 e. The van der Waals surface area contributed by atoms with Crippen LogP contribution in [-0.4, -0.2) is 27.2 Å². The summed E-state index contributed by atoms with van der Waals surface area (Å²) in [7, 11) is 4.43. The molecule has 0 atom stereocenters. The second-order valence-corrected chi connectivity index (χ2v) is 6.42. The monoisotopic (exact) mass is 435 g/mol. The van der Waals surface area contributed by atoms with Gasteiger partial charge in [0.1, 0.15) is 5.76 Å². The number of nitrogens with one attached hydrogen (secondary N) is 1. The summed E-state index contributed by atoms with van der Waals surface area (Å²) in [6.45, 7) is 0.102. The zero-order valence-corrected chi connectivity index (χ0v) is 17.0. The normalized spacial score (nSPS) is 11.2. The van der Waals surface area contributed by atoms with E-state index in [-0.39, 0.29) is 23.6 Å². The van der Waals surface area contributed by atoms with Crippen LogP contribution in [0.25, 0.3) is 11.3 Å². The average molecular weight is 435 g/mol. The zero-order chi connectivity index (χ0) is 22.6. The highest BCUT2D eigenvalue weighted by Crippen LogP contribution is 2.39. The highest BCUT2D eigenvalue weighted by atomic mass is 19.4. The van der Waals surface area contributed by atoms with Crippen LogP contribution in [0.3, 0.4) is 0 Å². The molecule has 0 aliphatic heterocycles. The highest BCUT2D eigenvalue weighted by Gasteiger charge is 2.34. The quantitative estimate of drug-likeness (QED) is 0.571. The molecular formula is C22H20F3NO5. The molecule has 2 aromatic carbocycles. The van der Waals surface area contributed by atoms with E-state index >= 15 is 0 Å². The van der Waals surface area contributed by atoms with Crippen molar-refractivity contribution >= 4 is 5.91 Å². The van der Waals surface area contributed by atoms with E-state index in [4.69, 9.17) is 18.6 Å². The first kappa shape index (κ1) is 22.1. The average Bonchev–Trinajstić information content (AvgIpc) is 3.26. The SMILES string of the molecule is COc1cc(CNC(=O)c2ccc(-c3ccccc3C(F)(F)F)o2)cc(OC)c1OC. The fourth-order valence-corrected chi connectivity index (χ4v) is 3.06. The summed E-state index contributed by atoms with van der Waals surface area (Å²) < 4.78 is 60.9. The smallest absolute Gasteiger partial charge is 0.417 e. The number of methoxy groups -OCH3 is 3. The number of ether oxygens (including phenoxy) is 3. The van der Waals surface area contributed by atoms with Gasteiger partial charge in [-0.1, -0.05) is 18.2 Å². The van der Waals surface area contributed by atoms with E-state index in [9.17, 15) is 18.0 Å². The summed E-state index contributed by atoms with van der Waals surface area (Å²) in [5.74, 6) is 0.527. The number of furan rings is 1. The molecule has 3 rings (SSSR count). The van der Waals surface area contributed by atoms with Gasteiger partial charge in [-0.05, 0) is 35.9 Å². The molecule has 0 fully saturated rings. The number of rotatable bonds is 7. The first-order valence-electron chi connectivity index (χ1n) is 9.12. The zero-order valence-electron chi connectivity index (χ0n) is 17.0. The molecule has 0 saturated heterocycles. The first-order chi connectivity index (χ1) is 14.8. The molecule has 0 radical (unpaired) electrons. The Labute approximate surface area is 176 Å². The van der Waals surface area contributed by atoms with Crippen LogP contribution < -0.4 is 19.5 Å². The number of carbonyl (C=O) groups excluding carboxylic acids is 1. The summed E-state index contributed by atoms with van der Waals surface area (Å²) >= 11 is 0. The predicted octanol–water partition coefficient (Wildman–Crippen LogP) is 4.92. The topological polar surface area (TPSA) is 69.9 Å². The van der Waals surface area contributed by atoms with Crippen molar-refractivity contribution in [3.63, 3.8) is 0 Å². The van der Waals surface area contributed by atoms with E-state index in [2.05, 4.69) is 5.32 Å². The minimum atomic E-state index is -4.54. The Bertz CT molecular complexity index is 1050. The molecule has 0 aliphatic rings. The van der Waals surface area contributed by atoms with Gasteiger partial charge in [-0.15, -0.1) is 0 Å². The summed E-state index contributed by atoms with van der Waals surface area (Å²) in [4.78, 5) is 12.5. The van der Waals surface area contributed by atoms with Crippen LogP contribution in [0.5, 0.6) is 17.2 Å². The Kier molecular flexibility index (Phi) is 6.43. The minimum Gasteiger partial charge on any atom is -0.493 e. The second-order valence-electron chi connectivity index (χ2n) is 6.42. The third kappa shape index (κ3) is 4.76. The van der Waals surface area contributed by atoms with Gasteiger partial charge in [0.05, 0.1) is 26.9 Å². The second kappa shape index (κ2) is 9.03. The molecule has 0 bridgehead atoms. The maximum atomic E-state index is 13.2. The molecule has 0 saturated carbocycles. The fourth-order valence-electron chi connectivity index (χ4n) is 3.06. The van der Waals surface area contributed by atoms with Gasteiger partial charge in [0.15, 0.2) is 17.3 Å². The van der Waals surface area contributed by atoms with Crippen LogP contribution in [0.4, 0.5) is 13.2 Å². The van der Waals surface area contributed by atoms with Crippen molar-refractivity contribution in [3.05, 3.63) is 65.4 Å². The Hall–Kier alpha value is -3.62. The molecule has 1 amide bonds. The van der Waals surface area contributed by atoms with Crippen molar-refractivity contribution in [1.29, 1.82) is 0 Å². The Morgan fingerprint density at radius 2 is 1.61 bits per heavy atom. The Balaban J connectivity index is 1.78. The van der Waals surface area contributed by atoms with Crippen LogP contribution in [0, 0.1) is 0 Å². The van der Waals surface area contributed by atoms with E-state index < -0.39 is 17.6 Å². The molecule has 0 unspecified atom stereocenters. The molecule has 1 N–H and O–H groups in total. The van der Waals surface area contributed by atoms with Crippen molar-refractivity contribution in [2.75, 3.05) is 21.3 Å². The Morgan fingerprint density at radius 3 is 2.19 bits per heavy atom. The summed E-state index contributed by atoms with van der Waals surface area (Å²) in [6.07, 6.45) is -4.54. The van der Waals surface area contributed by atoms with Crippen LogP contribution in [0.15, 0.2) is 52.9 Å². The van der Waals surface area contributed by atoms with Gasteiger partial charge in [0, 0.05) is 12.1 Å². The van der Waals surface area contributed by atoms with E-state index in [1.54, 1.807) is 12.1 Å². The van der Waals surface area contributed by atoms with Gasteiger partial charge in [0.25, 0.3) is 5.91 Å². The van der Waals surface area contributed by atoms with Crippen LogP contribution in [-0.2, 0) is 12.7 Å². The van der Waals surface area contributed by atoms with Crippen molar-refractivity contribution in [1.82, 2.24) is 5.32 Å². The van der Waals surface area contributed by atoms with Gasteiger partial charge in [-0.3, -0.25) is 4.79 Å². The summed E-state index contributed by atoms with van der Waals surface area (Å²) in [5.41, 5.74) is -0.315. The van der Waals surface area contributed by atoms with Crippen LogP contribution in [0.1, 0.15) is 21.7 Å². The number of amides is 1. The number of hydrogen-bond acceptors (Lipinski definition) is 5. The minimum absolute atomic E-state index is 0.0501. The molecule has 0 spiro atoms. The molecule has 6 nitrogen and oxygen atoms in total. The number of benzene rings is 2. The molecule has 3 aromatic rings. The molecule has 0 aliphatic carbocycles. The van der Waals surface area contributed by atoms with E-state index in [1.807, 2.05) is 0 Å². The van der Waals surface area contributed by atoms with Gasteiger partial charge < -0.3 is 23.9 Å². The lowest BCUT2D eigenvalue weighted by molar-refractivity contribution is -0.137. The molecule has 164 valence electrons. The number of hydrogen-bond donors (Lipinski definition) is 1. The summed E-state index contributed by atoms with van der Waals surface area (Å²) in [5, 5.41) is 2.66. The lowest BCUT2D eigenvalue weighted by atomic mass is 10.1. The standard InChI is InChI=1S/C22H20F3NO5/c1-28-18-10-13(11-19(29-2)20(18)30-3)12-26-21(27)17-9-8-16(31-17)14-6-4-5-7-15(14)22(23,24)25/h4-11H,12H2,1-3H3,(H,26,27). The lowest BCUT2D eigenvalue weighted by Gasteiger charge is -2.14. The molecular weight excluding hydrogens is 415 g/mol. The van der Waals surface area contributed by atoms with Crippen molar-refractivity contribution in [3.8, 4) is 28.6 Å². The Morgan fingerprint density at radius 1 is 0.968 bits per heavy atom. The third-order valence-electron chi connectivity index (χ3n) is 4.51. The first-order valence-corrected chi connectivity index (χ1v) is 9.12. The van der Waals surface area contributed by atoms with E-state index in [0.29, 0.717) is 22.8 Å². The number of carbonyl (C=O) groups is 1. The number of alkyl halides is 3. The highest BCUT2D eigenvalue weighted by molar-refractivity contribution is 5.92. The predicted molar refractivity (Wildman–Crippen MR) is 106 cm³/mol. The molecule has 1 heterocycles. The summed E-state index contributed by atoms with van der Waals surface area (Å²) in [6, 6.07) is 11.0.